The minimum Gasteiger partial charge on any atom is -0.465 e. The molecule has 0 unspecified atom stereocenters. The fourth-order valence-electron chi connectivity index (χ4n) is 3.00. The predicted molar refractivity (Wildman–Crippen MR) is 84.4 cm³/mol. The molecule has 1 aliphatic heterocycles. The van der Waals surface area contributed by atoms with Crippen LogP contribution in [0, 0.1) is 6.92 Å². The van der Waals surface area contributed by atoms with Crippen molar-refractivity contribution in [3.05, 3.63) is 47.4 Å². The molecule has 5 heteroatoms. The number of aryl methyl sites for hydroxylation is 1. The first-order valence-corrected chi connectivity index (χ1v) is 8.06. The van der Waals surface area contributed by atoms with Gasteiger partial charge in [-0.25, -0.2) is 0 Å². The van der Waals surface area contributed by atoms with Gasteiger partial charge < -0.3 is 19.0 Å². The van der Waals surface area contributed by atoms with Gasteiger partial charge in [-0.1, -0.05) is 6.07 Å². The van der Waals surface area contributed by atoms with Gasteiger partial charge in [0.15, 0.2) is 11.5 Å². The summed E-state index contributed by atoms with van der Waals surface area (Å²) in [5.41, 5.74) is 0.857. The normalized spacial score (nSPS) is 17.7. The molecule has 0 spiro atoms. The van der Waals surface area contributed by atoms with Crippen LogP contribution < -0.4 is 9.47 Å². The van der Waals surface area contributed by atoms with Gasteiger partial charge in [0, 0.05) is 12.6 Å². The van der Waals surface area contributed by atoms with Gasteiger partial charge in [0.2, 0.25) is 6.79 Å². The van der Waals surface area contributed by atoms with E-state index in [1.807, 2.05) is 37.3 Å². The maximum Gasteiger partial charge on any atom is 0.231 e. The van der Waals surface area contributed by atoms with E-state index in [1.165, 1.54) is 12.8 Å². The van der Waals surface area contributed by atoms with E-state index in [4.69, 9.17) is 13.9 Å². The summed E-state index contributed by atoms with van der Waals surface area (Å²) >= 11 is 0. The van der Waals surface area contributed by atoms with Gasteiger partial charge in [-0.05, 0) is 49.6 Å². The quantitative estimate of drug-likeness (QED) is 0.888. The second-order valence-corrected chi connectivity index (χ2v) is 6.30. The number of benzene rings is 1. The van der Waals surface area contributed by atoms with Gasteiger partial charge in [0.1, 0.15) is 11.5 Å². The van der Waals surface area contributed by atoms with Crippen molar-refractivity contribution in [1.82, 2.24) is 4.90 Å². The van der Waals surface area contributed by atoms with Crippen molar-refractivity contribution in [3.63, 3.8) is 0 Å². The summed E-state index contributed by atoms with van der Waals surface area (Å²) in [7, 11) is 0. The highest BCUT2D eigenvalue weighted by atomic mass is 16.7. The summed E-state index contributed by atoms with van der Waals surface area (Å²) in [6, 6.07) is 10.2. The van der Waals surface area contributed by atoms with Crippen molar-refractivity contribution in [3.8, 4) is 11.5 Å². The highest BCUT2D eigenvalue weighted by Gasteiger charge is 2.31. The third kappa shape index (κ3) is 3.21. The monoisotopic (exact) mass is 315 g/mol. The van der Waals surface area contributed by atoms with Crippen molar-refractivity contribution < 1.29 is 19.0 Å². The van der Waals surface area contributed by atoms with E-state index >= 15 is 0 Å². The molecular weight excluding hydrogens is 294 g/mol. The zero-order chi connectivity index (χ0) is 15.8. The lowest BCUT2D eigenvalue weighted by Gasteiger charge is -2.24. The Bertz CT molecular complexity index is 692. The van der Waals surface area contributed by atoms with E-state index < -0.39 is 6.10 Å². The topological polar surface area (TPSA) is 55.1 Å². The highest BCUT2D eigenvalue weighted by Crippen LogP contribution is 2.35. The Morgan fingerprint density at radius 3 is 2.74 bits per heavy atom. The van der Waals surface area contributed by atoms with Crippen LogP contribution in [0.25, 0.3) is 0 Å². The number of furan rings is 1. The van der Waals surface area contributed by atoms with Gasteiger partial charge in [0.05, 0.1) is 12.6 Å². The largest absolute Gasteiger partial charge is 0.465 e. The zero-order valence-electron chi connectivity index (χ0n) is 13.2. The summed E-state index contributed by atoms with van der Waals surface area (Å²) in [5.74, 6) is 3.33. The van der Waals surface area contributed by atoms with E-state index in [9.17, 15) is 5.11 Å². The fourth-order valence-corrected chi connectivity index (χ4v) is 3.00. The SMILES string of the molecule is Cc1ccc(CN(C[C@H](O)c2ccc3c(c2)OCO3)C2CC2)o1. The second kappa shape index (κ2) is 5.91. The van der Waals surface area contributed by atoms with Crippen molar-refractivity contribution in [2.24, 2.45) is 0 Å². The van der Waals surface area contributed by atoms with Crippen LogP contribution >= 0.6 is 0 Å². The van der Waals surface area contributed by atoms with Crippen molar-refractivity contribution in [2.45, 2.75) is 38.5 Å². The zero-order valence-corrected chi connectivity index (χ0v) is 13.2. The maximum absolute atomic E-state index is 10.6. The fraction of sp³-hybridized carbons (Fsp3) is 0.444. The van der Waals surface area contributed by atoms with Crippen LogP contribution in [-0.4, -0.2) is 29.4 Å². The van der Waals surface area contributed by atoms with Gasteiger partial charge in [-0.15, -0.1) is 0 Å². The number of fused-ring (bicyclic) bond motifs is 1. The molecule has 122 valence electrons. The Balaban J connectivity index is 1.45. The smallest absolute Gasteiger partial charge is 0.231 e. The summed E-state index contributed by atoms with van der Waals surface area (Å²) < 4.78 is 16.4. The molecule has 0 bridgehead atoms. The lowest BCUT2D eigenvalue weighted by atomic mass is 10.1. The van der Waals surface area contributed by atoms with Crippen LogP contribution in [0.2, 0.25) is 0 Å². The van der Waals surface area contributed by atoms with Crippen molar-refractivity contribution >= 4 is 0 Å². The number of rotatable bonds is 6. The summed E-state index contributed by atoms with van der Waals surface area (Å²) in [6.07, 6.45) is 1.82. The van der Waals surface area contributed by atoms with E-state index in [1.54, 1.807) is 0 Å². The van der Waals surface area contributed by atoms with Gasteiger partial charge >= 0.3 is 0 Å². The number of ether oxygens (including phenoxy) is 2. The van der Waals surface area contributed by atoms with E-state index in [2.05, 4.69) is 4.90 Å². The maximum atomic E-state index is 10.6. The molecule has 5 nitrogen and oxygen atoms in total. The number of aliphatic hydroxyl groups is 1. The lowest BCUT2D eigenvalue weighted by molar-refractivity contribution is 0.0996. The molecule has 1 N–H and O–H groups in total. The highest BCUT2D eigenvalue weighted by molar-refractivity contribution is 5.45. The summed E-state index contributed by atoms with van der Waals surface area (Å²) in [5, 5.41) is 10.6. The molecular formula is C18H21NO4. The first-order chi connectivity index (χ1) is 11.2. The molecule has 23 heavy (non-hydrogen) atoms. The van der Waals surface area contributed by atoms with E-state index in [-0.39, 0.29) is 6.79 Å². The van der Waals surface area contributed by atoms with Crippen LogP contribution in [0.5, 0.6) is 11.5 Å². The molecule has 1 saturated carbocycles. The van der Waals surface area contributed by atoms with Gasteiger partial charge in [0.25, 0.3) is 0 Å². The number of hydrogen-bond donors (Lipinski definition) is 1. The Hall–Kier alpha value is -1.98. The van der Waals surface area contributed by atoms with Gasteiger partial charge in [-0.3, -0.25) is 4.90 Å². The van der Waals surface area contributed by atoms with Gasteiger partial charge in [-0.2, -0.15) is 0 Å². The minimum atomic E-state index is -0.554. The Labute approximate surface area is 135 Å². The minimum absolute atomic E-state index is 0.251. The lowest BCUT2D eigenvalue weighted by Crippen LogP contribution is -2.30. The molecule has 1 fully saturated rings. The molecule has 4 rings (SSSR count). The average Bonchev–Trinajstić information content (AvgIpc) is 3.15. The average molecular weight is 315 g/mol. The number of aliphatic hydroxyl groups excluding tert-OH is 1. The summed E-state index contributed by atoms with van der Waals surface area (Å²) in [6.45, 7) is 3.53. The molecule has 2 heterocycles. The molecule has 2 aromatic rings. The number of nitrogens with zero attached hydrogens (tertiary/aromatic N) is 1. The Morgan fingerprint density at radius 2 is 2.00 bits per heavy atom. The molecule has 0 radical (unpaired) electrons. The van der Waals surface area contributed by atoms with Crippen LogP contribution in [0.3, 0.4) is 0 Å². The molecule has 2 aliphatic rings. The van der Waals surface area contributed by atoms with Crippen molar-refractivity contribution in [1.29, 1.82) is 0 Å². The van der Waals surface area contributed by atoms with Crippen LogP contribution in [-0.2, 0) is 6.54 Å². The molecule has 1 aromatic carbocycles. The first-order valence-electron chi connectivity index (χ1n) is 8.06. The van der Waals surface area contributed by atoms with Crippen LogP contribution in [0.4, 0.5) is 0 Å². The van der Waals surface area contributed by atoms with Crippen LogP contribution in [0.1, 0.15) is 36.0 Å². The molecule has 0 amide bonds. The molecule has 1 atom stereocenters. The van der Waals surface area contributed by atoms with Crippen LogP contribution in [0.15, 0.2) is 34.7 Å². The summed E-state index contributed by atoms with van der Waals surface area (Å²) in [4.78, 5) is 2.30. The van der Waals surface area contributed by atoms with Crippen molar-refractivity contribution in [2.75, 3.05) is 13.3 Å². The predicted octanol–water partition coefficient (Wildman–Crippen LogP) is 3.01. The number of hydrogen-bond acceptors (Lipinski definition) is 5. The molecule has 1 aliphatic carbocycles. The first kappa shape index (κ1) is 14.6. The van der Waals surface area contributed by atoms with E-state index in [0.717, 1.165) is 29.4 Å². The third-order valence-corrected chi connectivity index (χ3v) is 4.41. The third-order valence-electron chi connectivity index (χ3n) is 4.41. The molecule has 0 saturated heterocycles. The Morgan fingerprint density at radius 1 is 1.17 bits per heavy atom. The molecule has 1 aromatic heterocycles. The second-order valence-electron chi connectivity index (χ2n) is 6.30. The van der Waals surface area contributed by atoms with E-state index in [0.29, 0.717) is 18.3 Å². The Kier molecular flexibility index (Phi) is 3.75. The standard InChI is InChI=1S/C18H21NO4/c1-12-2-6-15(23-12)9-19(14-4-5-14)10-16(20)13-3-7-17-18(8-13)22-11-21-17/h2-3,6-8,14,16,20H,4-5,9-11H2,1H3/t16-/m0/s1.